The smallest absolute Gasteiger partial charge is 0.194 e. The van der Waals surface area contributed by atoms with Crippen molar-refractivity contribution in [2.45, 2.75) is 190 Å². The van der Waals surface area contributed by atoms with Gasteiger partial charge in [0, 0.05) is 107 Å². The van der Waals surface area contributed by atoms with Crippen LogP contribution < -0.4 is 0 Å². The van der Waals surface area contributed by atoms with Crippen LogP contribution in [0.2, 0.25) is 0 Å². The topological polar surface area (TPSA) is 129 Å². The molecule has 2 aromatic heterocycles. The zero-order chi connectivity index (χ0) is 73.6. The molecule has 0 amide bonds. The standard InChI is InChI=1S/C94H88N4O2S6/c1-6-10-14-18-26-61-33-35-65(36-34-61)59-101-93(104-68-43-37-62(38-44-68)27-19-15-11-7-2)87-76-53-79-77(54-78(76)91-82(87)51-71(102-91)49-80-85(66(55-95)56-96)73-30-22-23-31-74(73)89(80)99)88(83-52-72(103-92(79)83)50-81-86(67(57-97)58-98)84-60(5)25-24-32-75(84)90(81)100)94(105-69-45-39-63(40-46-69)28-20-16-12-8-3)106-70-47-41-64(42-48-70)29-21-17-13-9-4/h22-24,30-54,60H,6-21,25-29,59H2,1-5H3/b80-49-,81-50-,93-87+. The van der Waals surface area contributed by atoms with Crippen molar-refractivity contribution in [3.63, 3.8) is 0 Å². The highest BCUT2D eigenvalue weighted by Gasteiger charge is 2.41. The predicted octanol–water partition coefficient (Wildman–Crippen LogP) is 27.3. The number of carbonyl (C=O) groups is 2. The van der Waals surface area contributed by atoms with Gasteiger partial charge in [-0.25, -0.2) is 0 Å². The van der Waals surface area contributed by atoms with E-state index in [-0.39, 0.29) is 28.6 Å². The number of carbonyl (C=O) groups excluding carboxylic acids is 2. The van der Waals surface area contributed by atoms with Crippen LogP contribution in [0.15, 0.2) is 220 Å². The fourth-order valence-corrected chi connectivity index (χ4v) is 22.1. The van der Waals surface area contributed by atoms with Crippen molar-refractivity contribution in [1.29, 1.82) is 21.0 Å². The number of allylic oxidation sites excluding steroid dienone is 10. The molecule has 0 fully saturated rings. The van der Waals surface area contributed by atoms with E-state index in [1.54, 1.807) is 64.0 Å². The van der Waals surface area contributed by atoms with Crippen molar-refractivity contribution >= 4 is 110 Å². The summed E-state index contributed by atoms with van der Waals surface area (Å²) >= 11 is 10.5. The number of fused-ring (bicyclic) bond motifs is 7. The van der Waals surface area contributed by atoms with Crippen LogP contribution in [0.25, 0.3) is 49.8 Å². The number of thioether (sulfide) groups is 4. The Hall–Kier alpha value is -8.66. The van der Waals surface area contributed by atoms with Gasteiger partial charge in [-0.05, 0) is 187 Å². The molecule has 532 valence electrons. The van der Waals surface area contributed by atoms with Crippen LogP contribution in [-0.4, -0.2) is 11.6 Å². The van der Waals surface area contributed by atoms with Crippen molar-refractivity contribution in [2.75, 3.05) is 0 Å². The predicted molar refractivity (Wildman–Crippen MR) is 449 cm³/mol. The fourth-order valence-electron chi connectivity index (χ4n) is 15.1. The minimum atomic E-state index is -0.215. The third-order valence-corrected chi connectivity index (χ3v) is 27.7. The number of hydrogen-bond donors (Lipinski definition) is 0. The van der Waals surface area contributed by atoms with Gasteiger partial charge in [0.2, 0.25) is 0 Å². The maximum Gasteiger partial charge on any atom is 0.194 e. The van der Waals surface area contributed by atoms with Crippen LogP contribution >= 0.6 is 69.7 Å². The molecule has 6 nitrogen and oxygen atoms in total. The van der Waals surface area contributed by atoms with E-state index < -0.39 is 0 Å². The van der Waals surface area contributed by atoms with Gasteiger partial charge in [-0.1, -0.05) is 244 Å². The molecule has 0 bridgehead atoms. The molecule has 12 heteroatoms. The monoisotopic (exact) mass is 1500 g/mol. The van der Waals surface area contributed by atoms with Gasteiger partial charge in [0.1, 0.15) is 35.4 Å². The molecule has 0 radical (unpaired) electrons. The summed E-state index contributed by atoms with van der Waals surface area (Å²) in [5, 5.41) is 42.2. The van der Waals surface area contributed by atoms with E-state index in [1.807, 2.05) is 54.3 Å². The summed E-state index contributed by atoms with van der Waals surface area (Å²) in [5.41, 5.74) is 19.0. The maximum absolute atomic E-state index is 14.9. The molecular weight excluding hydrogens is 1410 g/mol. The number of nitriles is 4. The summed E-state index contributed by atoms with van der Waals surface area (Å²) in [7, 11) is 0. The van der Waals surface area contributed by atoms with E-state index >= 15 is 0 Å². The van der Waals surface area contributed by atoms with Crippen molar-refractivity contribution in [3.05, 3.63) is 276 Å². The second-order valence-electron chi connectivity index (χ2n) is 28.3. The Bertz CT molecular complexity index is 5040. The molecule has 13 rings (SSSR count). The SMILES string of the molecule is CCCCCCc1ccc(CS/C(Sc2ccc(CCCCCC)cc2)=C2/c3cc4c(cc3-c3sc(/C=C5\C(=O)c6ccccc6C5=C(C#N)C#N)cc32)C(=C(Sc2ccc(CCCCCC)cc2)Sc2ccc(CCCCCC)cc2)c2cc(/C=C3\C(=O)C5=C(C3=C(C#N)C#N)C(C)CC=C5)sc2-4)cc1. The first-order chi connectivity index (χ1) is 52.0. The van der Waals surface area contributed by atoms with E-state index in [0.29, 0.717) is 45.4 Å². The lowest BCUT2D eigenvalue weighted by molar-refractivity contribution is -0.111. The average Bonchev–Trinajstić information content (AvgIpc) is 1.55. The van der Waals surface area contributed by atoms with Gasteiger partial charge in [0.25, 0.3) is 0 Å². The number of hydrogen-bond acceptors (Lipinski definition) is 12. The Morgan fingerprint density at radius 2 is 0.821 bits per heavy atom. The molecule has 0 saturated carbocycles. The largest absolute Gasteiger partial charge is 0.289 e. The van der Waals surface area contributed by atoms with Gasteiger partial charge in [0.05, 0.1) is 8.47 Å². The molecule has 5 aliphatic carbocycles. The molecule has 8 aromatic rings. The highest BCUT2D eigenvalue weighted by Crippen LogP contribution is 2.62. The molecule has 0 N–H and O–H groups in total. The van der Waals surface area contributed by atoms with Crippen molar-refractivity contribution in [3.8, 4) is 45.2 Å². The number of rotatable bonds is 31. The molecule has 106 heavy (non-hydrogen) atoms. The van der Waals surface area contributed by atoms with Crippen LogP contribution in [0.5, 0.6) is 0 Å². The molecule has 0 aliphatic heterocycles. The molecule has 0 saturated heterocycles. The van der Waals surface area contributed by atoms with Gasteiger partial charge in [-0.15, -0.1) is 34.4 Å². The van der Waals surface area contributed by atoms with Gasteiger partial charge >= 0.3 is 0 Å². The summed E-state index contributed by atoms with van der Waals surface area (Å²) in [6.45, 7) is 11.1. The fraction of sp³-hybridized carbons (Fsp3) is 0.298. The number of thiophene rings is 2. The van der Waals surface area contributed by atoms with Gasteiger partial charge in [-0.3, -0.25) is 9.59 Å². The minimum absolute atomic E-state index is 0.0526. The summed E-state index contributed by atoms with van der Waals surface area (Å²) in [6.07, 6.45) is 31.8. The summed E-state index contributed by atoms with van der Waals surface area (Å²) in [4.78, 5) is 36.9. The second-order valence-corrected chi connectivity index (χ2v) is 35.2. The van der Waals surface area contributed by atoms with Crippen LogP contribution in [0.4, 0.5) is 0 Å². The summed E-state index contributed by atoms with van der Waals surface area (Å²) in [6, 6.07) is 62.0. The Morgan fingerprint density at radius 3 is 1.26 bits per heavy atom. The first-order valence-corrected chi connectivity index (χ1v) is 43.1. The summed E-state index contributed by atoms with van der Waals surface area (Å²) in [5.74, 6) is 0.282. The van der Waals surface area contributed by atoms with Crippen molar-refractivity contribution < 1.29 is 9.59 Å². The molecule has 2 heterocycles. The van der Waals surface area contributed by atoms with Crippen LogP contribution in [-0.2, 0) is 36.2 Å². The molecule has 6 aromatic carbocycles. The lowest BCUT2D eigenvalue weighted by Gasteiger charge is -2.17. The quantitative estimate of drug-likeness (QED) is 0.0179. The van der Waals surface area contributed by atoms with E-state index in [4.69, 9.17) is 0 Å². The molecule has 0 spiro atoms. The van der Waals surface area contributed by atoms with Crippen LogP contribution in [0, 0.1) is 51.2 Å². The first-order valence-electron chi connectivity index (χ1n) is 38.1. The summed E-state index contributed by atoms with van der Waals surface area (Å²) < 4.78 is 2.25. The molecule has 1 atom stereocenters. The highest BCUT2D eigenvalue weighted by atomic mass is 32.2. The van der Waals surface area contributed by atoms with Crippen molar-refractivity contribution in [2.24, 2.45) is 5.92 Å². The Balaban J connectivity index is 1.04. The Morgan fingerprint density at radius 1 is 0.425 bits per heavy atom. The van der Waals surface area contributed by atoms with E-state index in [9.17, 15) is 30.6 Å². The highest BCUT2D eigenvalue weighted by molar-refractivity contribution is 8.22. The van der Waals surface area contributed by atoms with E-state index in [2.05, 4.69) is 180 Å². The number of ketones is 2. The van der Waals surface area contributed by atoms with Gasteiger partial charge in [0.15, 0.2) is 11.6 Å². The van der Waals surface area contributed by atoms with Crippen LogP contribution in [0.1, 0.15) is 220 Å². The third kappa shape index (κ3) is 16.7. The first kappa shape index (κ1) is 75.6. The van der Waals surface area contributed by atoms with Crippen molar-refractivity contribution in [1.82, 2.24) is 0 Å². The van der Waals surface area contributed by atoms with E-state index in [0.717, 1.165) is 143 Å². The lowest BCUT2D eigenvalue weighted by atomic mass is 9.85. The zero-order valence-electron chi connectivity index (χ0n) is 61.4. The number of aryl methyl sites for hydroxylation is 4. The van der Waals surface area contributed by atoms with Gasteiger partial charge < -0.3 is 0 Å². The minimum Gasteiger partial charge on any atom is -0.289 e. The third-order valence-electron chi connectivity index (χ3n) is 20.8. The van der Waals surface area contributed by atoms with Crippen LogP contribution in [0.3, 0.4) is 0 Å². The number of nitrogens with zero attached hydrogens (tertiary/aromatic N) is 4. The maximum atomic E-state index is 14.9. The normalized spacial score (nSPS) is 15.7. The number of Topliss-reactive ketones (excluding diaryl/α,β-unsaturated/α-hetero) is 2. The van der Waals surface area contributed by atoms with E-state index in [1.165, 1.54) is 111 Å². The number of unbranched alkanes of at least 4 members (excludes halogenated alkanes) is 12. The molecular formula is C94H88N4O2S6. The number of benzene rings is 6. The lowest BCUT2D eigenvalue weighted by Crippen LogP contribution is -2.05. The molecule has 5 aliphatic rings. The van der Waals surface area contributed by atoms with Gasteiger partial charge in [-0.2, -0.15) is 21.0 Å². The Kier molecular flexibility index (Phi) is 25.5. The second kappa shape index (κ2) is 35.8. The average molecular weight is 1500 g/mol. The zero-order valence-corrected chi connectivity index (χ0v) is 66.3. The Labute approximate surface area is 652 Å². The molecule has 1 unspecified atom stereocenters.